The van der Waals surface area contributed by atoms with E-state index >= 15 is 0 Å². The highest BCUT2D eigenvalue weighted by Crippen LogP contribution is 2.12. The molecule has 1 fully saturated rings. The molecule has 1 rings (SSSR count). The van der Waals surface area contributed by atoms with Crippen molar-refractivity contribution in [2.24, 2.45) is 0 Å². The molecule has 1 saturated heterocycles. The Balaban J connectivity index is 2.45. The molecule has 0 aromatic heterocycles. The fraction of sp³-hybridized carbons (Fsp3) is 0.875. The first-order valence-corrected chi connectivity index (χ1v) is 5.36. The minimum atomic E-state index is 0.0439. The van der Waals surface area contributed by atoms with Crippen LogP contribution in [-0.4, -0.2) is 41.6 Å². The van der Waals surface area contributed by atoms with Gasteiger partial charge in [0.25, 0.3) is 0 Å². The van der Waals surface area contributed by atoms with Gasteiger partial charge in [-0.3, -0.25) is 10.1 Å². The lowest BCUT2D eigenvalue weighted by Gasteiger charge is -2.24. The molecule has 0 radical (unpaired) electrons. The molecule has 1 aliphatic rings. The Hall–Kier alpha value is -0.220. The van der Waals surface area contributed by atoms with E-state index in [-0.39, 0.29) is 11.9 Å². The lowest BCUT2D eigenvalue weighted by atomic mass is 10.2. The second-order valence-corrected chi connectivity index (χ2v) is 4.34. The van der Waals surface area contributed by atoms with Crippen LogP contribution in [0, 0.1) is 0 Å². The van der Waals surface area contributed by atoms with E-state index in [0.29, 0.717) is 6.04 Å². The SMILES string of the molecule is CC(C)N(C)C(=O)C1CSCN1. The summed E-state index contributed by atoms with van der Waals surface area (Å²) in [4.78, 5) is 13.4. The Morgan fingerprint density at radius 2 is 2.33 bits per heavy atom. The summed E-state index contributed by atoms with van der Waals surface area (Å²) < 4.78 is 0. The van der Waals surface area contributed by atoms with E-state index in [1.165, 1.54) is 0 Å². The van der Waals surface area contributed by atoms with Crippen LogP contribution in [0.2, 0.25) is 0 Å². The van der Waals surface area contributed by atoms with Gasteiger partial charge in [-0.25, -0.2) is 0 Å². The first kappa shape index (κ1) is 9.86. The first-order valence-electron chi connectivity index (χ1n) is 4.20. The van der Waals surface area contributed by atoms with Crippen molar-refractivity contribution in [3.63, 3.8) is 0 Å². The number of hydrogen-bond acceptors (Lipinski definition) is 3. The molecule has 1 unspecified atom stereocenters. The number of hydrogen-bond donors (Lipinski definition) is 1. The Morgan fingerprint density at radius 1 is 1.67 bits per heavy atom. The molecule has 1 aliphatic heterocycles. The van der Waals surface area contributed by atoms with Gasteiger partial charge in [-0.1, -0.05) is 0 Å². The standard InChI is InChI=1S/C8H16N2OS/c1-6(2)10(3)8(11)7-4-12-5-9-7/h6-7,9H,4-5H2,1-3H3. The van der Waals surface area contributed by atoms with Gasteiger partial charge in [0.05, 0.1) is 6.04 Å². The number of carbonyl (C=O) groups excluding carboxylic acids is 1. The summed E-state index contributed by atoms with van der Waals surface area (Å²) in [5.41, 5.74) is 0. The van der Waals surface area contributed by atoms with Crippen molar-refractivity contribution in [3.8, 4) is 0 Å². The largest absolute Gasteiger partial charge is 0.342 e. The normalized spacial score (nSPS) is 23.2. The van der Waals surface area contributed by atoms with Gasteiger partial charge in [-0.2, -0.15) is 0 Å². The lowest BCUT2D eigenvalue weighted by Crippen LogP contribution is -2.45. The minimum absolute atomic E-state index is 0.0439. The highest BCUT2D eigenvalue weighted by atomic mass is 32.2. The summed E-state index contributed by atoms with van der Waals surface area (Å²) in [5.74, 6) is 2.04. The summed E-state index contributed by atoms with van der Waals surface area (Å²) in [5, 5.41) is 3.16. The Morgan fingerprint density at radius 3 is 2.75 bits per heavy atom. The Kier molecular flexibility index (Phi) is 3.40. The fourth-order valence-corrected chi connectivity index (χ4v) is 1.99. The first-order chi connectivity index (χ1) is 5.63. The molecule has 0 spiro atoms. The van der Waals surface area contributed by atoms with Crippen molar-refractivity contribution in [3.05, 3.63) is 0 Å². The molecule has 12 heavy (non-hydrogen) atoms. The van der Waals surface area contributed by atoms with E-state index in [1.807, 2.05) is 20.9 Å². The van der Waals surface area contributed by atoms with Crippen LogP contribution in [0.4, 0.5) is 0 Å². The second-order valence-electron chi connectivity index (χ2n) is 3.31. The zero-order chi connectivity index (χ0) is 9.14. The molecule has 4 heteroatoms. The number of rotatable bonds is 2. The van der Waals surface area contributed by atoms with E-state index in [4.69, 9.17) is 0 Å². The van der Waals surface area contributed by atoms with Crippen molar-refractivity contribution >= 4 is 17.7 Å². The van der Waals surface area contributed by atoms with Crippen LogP contribution >= 0.6 is 11.8 Å². The lowest BCUT2D eigenvalue weighted by molar-refractivity contribution is -0.132. The zero-order valence-corrected chi connectivity index (χ0v) is 8.65. The summed E-state index contributed by atoms with van der Waals surface area (Å²) in [6.07, 6.45) is 0. The fourth-order valence-electron chi connectivity index (χ4n) is 1.05. The third-order valence-corrected chi connectivity index (χ3v) is 3.08. The van der Waals surface area contributed by atoms with Gasteiger partial charge >= 0.3 is 0 Å². The summed E-state index contributed by atoms with van der Waals surface area (Å²) in [6.45, 7) is 4.06. The molecule has 0 aromatic carbocycles. The van der Waals surface area contributed by atoms with E-state index in [0.717, 1.165) is 11.6 Å². The van der Waals surface area contributed by atoms with Crippen molar-refractivity contribution in [2.75, 3.05) is 18.7 Å². The summed E-state index contributed by atoms with van der Waals surface area (Å²) >= 11 is 1.78. The smallest absolute Gasteiger partial charge is 0.240 e. The Bertz CT molecular complexity index is 162. The maximum atomic E-state index is 11.6. The van der Waals surface area contributed by atoms with Gasteiger partial charge in [-0.05, 0) is 13.8 Å². The van der Waals surface area contributed by atoms with Gasteiger partial charge in [0, 0.05) is 24.7 Å². The van der Waals surface area contributed by atoms with Gasteiger partial charge < -0.3 is 4.90 Å². The zero-order valence-electron chi connectivity index (χ0n) is 7.83. The van der Waals surface area contributed by atoms with E-state index in [1.54, 1.807) is 16.7 Å². The molecule has 0 aliphatic carbocycles. The molecular weight excluding hydrogens is 172 g/mol. The van der Waals surface area contributed by atoms with Crippen LogP contribution in [0.15, 0.2) is 0 Å². The van der Waals surface area contributed by atoms with Gasteiger partial charge in [-0.15, -0.1) is 11.8 Å². The van der Waals surface area contributed by atoms with Gasteiger partial charge in [0.15, 0.2) is 0 Å². The third kappa shape index (κ3) is 2.14. The van der Waals surface area contributed by atoms with Crippen molar-refractivity contribution in [2.45, 2.75) is 25.9 Å². The van der Waals surface area contributed by atoms with Gasteiger partial charge in [0.1, 0.15) is 0 Å². The molecule has 1 N–H and O–H groups in total. The quantitative estimate of drug-likeness (QED) is 0.685. The number of amides is 1. The molecular formula is C8H16N2OS. The number of nitrogens with one attached hydrogen (secondary N) is 1. The predicted molar refractivity (Wildman–Crippen MR) is 52.2 cm³/mol. The maximum absolute atomic E-state index is 11.6. The molecule has 70 valence electrons. The highest BCUT2D eigenvalue weighted by molar-refractivity contribution is 7.99. The summed E-state index contributed by atoms with van der Waals surface area (Å²) in [7, 11) is 1.86. The number of likely N-dealkylation sites (N-methyl/N-ethyl adjacent to an activating group) is 1. The highest BCUT2D eigenvalue weighted by Gasteiger charge is 2.26. The predicted octanol–water partition coefficient (Wildman–Crippen LogP) is 0.516. The molecule has 1 heterocycles. The van der Waals surface area contributed by atoms with Crippen LogP contribution in [-0.2, 0) is 4.79 Å². The van der Waals surface area contributed by atoms with Crippen molar-refractivity contribution in [1.29, 1.82) is 0 Å². The molecule has 1 atom stereocenters. The molecule has 1 amide bonds. The van der Waals surface area contributed by atoms with E-state index in [9.17, 15) is 4.79 Å². The van der Waals surface area contributed by atoms with Crippen LogP contribution in [0.1, 0.15) is 13.8 Å². The molecule has 0 aromatic rings. The average Bonchev–Trinajstić information content (AvgIpc) is 2.53. The number of thioether (sulfide) groups is 1. The van der Waals surface area contributed by atoms with Crippen LogP contribution in [0.3, 0.4) is 0 Å². The maximum Gasteiger partial charge on any atom is 0.240 e. The molecule has 0 bridgehead atoms. The monoisotopic (exact) mass is 188 g/mol. The van der Waals surface area contributed by atoms with Crippen LogP contribution in [0.5, 0.6) is 0 Å². The van der Waals surface area contributed by atoms with Crippen molar-refractivity contribution in [1.82, 2.24) is 10.2 Å². The Labute approximate surface area is 77.9 Å². The van der Waals surface area contributed by atoms with E-state index in [2.05, 4.69) is 5.32 Å². The number of nitrogens with zero attached hydrogens (tertiary/aromatic N) is 1. The molecule has 3 nitrogen and oxygen atoms in total. The van der Waals surface area contributed by atoms with E-state index < -0.39 is 0 Å². The van der Waals surface area contributed by atoms with Gasteiger partial charge in [0.2, 0.25) is 5.91 Å². The average molecular weight is 188 g/mol. The summed E-state index contributed by atoms with van der Waals surface area (Å²) in [6, 6.07) is 0.340. The van der Waals surface area contributed by atoms with Crippen molar-refractivity contribution < 1.29 is 4.79 Å². The molecule has 0 saturated carbocycles. The second kappa shape index (κ2) is 4.14. The van der Waals surface area contributed by atoms with Crippen LogP contribution in [0.25, 0.3) is 0 Å². The third-order valence-electron chi connectivity index (χ3n) is 2.14. The number of carbonyl (C=O) groups is 1. The topological polar surface area (TPSA) is 32.3 Å². The van der Waals surface area contributed by atoms with Crippen LogP contribution < -0.4 is 5.32 Å². The minimum Gasteiger partial charge on any atom is -0.342 e.